The van der Waals surface area contributed by atoms with Crippen molar-refractivity contribution in [2.45, 2.75) is 6.92 Å². The van der Waals surface area contributed by atoms with Crippen molar-refractivity contribution < 1.29 is 42.7 Å². The summed E-state index contributed by atoms with van der Waals surface area (Å²) in [6.07, 6.45) is 1.59. The number of allylic oxidation sites excluding steroid dienone is 1. The Bertz CT molecular complexity index is 1380. The van der Waals surface area contributed by atoms with E-state index in [-0.39, 0.29) is 28.6 Å². The van der Waals surface area contributed by atoms with Gasteiger partial charge >= 0.3 is 5.97 Å². The molecule has 0 saturated carbocycles. The van der Waals surface area contributed by atoms with Crippen LogP contribution in [-0.2, 0) is 0 Å². The Balaban J connectivity index is 1.63. The zero-order valence-corrected chi connectivity index (χ0v) is 21.3. The quantitative estimate of drug-likeness (QED) is 0.241. The first-order chi connectivity index (χ1) is 17.8. The van der Waals surface area contributed by atoms with Crippen molar-refractivity contribution in [1.29, 1.82) is 0 Å². The molecule has 3 aromatic rings. The molecule has 9 nitrogen and oxygen atoms in total. The summed E-state index contributed by atoms with van der Waals surface area (Å²) in [6.45, 7) is 1.74. The van der Waals surface area contributed by atoms with Crippen LogP contribution in [-0.4, -0.2) is 47.3 Å². The third kappa shape index (κ3) is 4.75. The van der Waals surface area contributed by atoms with Crippen LogP contribution < -0.4 is 33.2 Å². The van der Waals surface area contributed by atoms with Gasteiger partial charge in [-0.05, 0) is 42.8 Å². The first-order valence-corrected chi connectivity index (χ1v) is 11.2. The molecule has 1 aliphatic heterocycles. The second-order valence-corrected chi connectivity index (χ2v) is 7.94. The van der Waals surface area contributed by atoms with Gasteiger partial charge in [-0.2, -0.15) is 0 Å². The molecule has 192 valence electrons. The number of methoxy groups -OCH3 is 5. The highest BCUT2D eigenvalue weighted by atomic mass is 16.5. The van der Waals surface area contributed by atoms with E-state index < -0.39 is 5.97 Å². The largest absolute Gasteiger partial charge is 0.493 e. The lowest BCUT2D eigenvalue weighted by Crippen LogP contribution is -2.10. The molecule has 1 aliphatic rings. The standard InChI is InChI=1S/C28H26O9/c1-15-10-18(36-28(30)17-12-22(32-3)27(35-6)23(13-17)33-4)14-20-24(15)25(29)21(37-20)11-16-8-7-9-19(31-2)26(16)34-5/h7-14H,1-6H3/b21-11-. The van der Waals surface area contributed by atoms with Crippen LogP contribution in [0.3, 0.4) is 0 Å². The van der Waals surface area contributed by atoms with Crippen LogP contribution in [0.25, 0.3) is 6.08 Å². The van der Waals surface area contributed by atoms with E-state index in [1.807, 2.05) is 0 Å². The van der Waals surface area contributed by atoms with Gasteiger partial charge in [-0.3, -0.25) is 4.79 Å². The van der Waals surface area contributed by atoms with Crippen LogP contribution in [0.4, 0.5) is 0 Å². The van der Waals surface area contributed by atoms with Crippen LogP contribution in [0.2, 0.25) is 0 Å². The number of hydrogen-bond donors (Lipinski definition) is 0. The molecule has 0 atom stereocenters. The maximum Gasteiger partial charge on any atom is 0.343 e. The van der Waals surface area contributed by atoms with Gasteiger partial charge in [0.05, 0.1) is 46.7 Å². The number of carbonyl (C=O) groups excluding carboxylic acids is 2. The fraction of sp³-hybridized carbons (Fsp3) is 0.214. The Hall–Kier alpha value is -4.66. The minimum Gasteiger partial charge on any atom is -0.493 e. The van der Waals surface area contributed by atoms with Crippen molar-refractivity contribution in [2.24, 2.45) is 0 Å². The molecular formula is C28H26O9. The molecule has 0 aliphatic carbocycles. The third-order valence-corrected chi connectivity index (χ3v) is 5.77. The van der Waals surface area contributed by atoms with E-state index in [2.05, 4.69) is 0 Å². The molecule has 0 fully saturated rings. The van der Waals surface area contributed by atoms with E-state index in [1.165, 1.54) is 53.7 Å². The molecule has 4 rings (SSSR count). The summed E-state index contributed by atoms with van der Waals surface area (Å²) >= 11 is 0. The number of rotatable bonds is 8. The third-order valence-electron chi connectivity index (χ3n) is 5.77. The van der Waals surface area contributed by atoms with Crippen molar-refractivity contribution in [3.8, 4) is 40.2 Å². The van der Waals surface area contributed by atoms with Gasteiger partial charge in [0.25, 0.3) is 0 Å². The summed E-state index contributed by atoms with van der Waals surface area (Å²) in [6, 6.07) is 11.4. The van der Waals surface area contributed by atoms with Gasteiger partial charge in [-0.1, -0.05) is 12.1 Å². The first-order valence-electron chi connectivity index (χ1n) is 11.2. The highest BCUT2D eigenvalue weighted by Crippen LogP contribution is 2.41. The molecule has 0 amide bonds. The predicted octanol–water partition coefficient (Wildman–Crippen LogP) is 4.87. The van der Waals surface area contributed by atoms with E-state index in [9.17, 15) is 9.59 Å². The molecule has 0 unspecified atom stereocenters. The molecule has 9 heteroatoms. The van der Waals surface area contributed by atoms with Crippen molar-refractivity contribution in [1.82, 2.24) is 0 Å². The average Bonchev–Trinajstić information content (AvgIpc) is 3.22. The topological polar surface area (TPSA) is 98.8 Å². The van der Waals surface area contributed by atoms with Crippen LogP contribution in [0.1, 0.15) is 31.8 Å². The predicted molar refractivity (Wildman–Crippen MR) is 135 cm³/mol. The first kappa shape index (κ1) is 25.4. The number of hydrogen-bond acceptors (Lipinski definition) is 9. The number of carbonyl (C=O) groups is 2. The van der Waals surface area contributed by atoms with Crippen LogP contribution >= 0.6 is 0 Å². The minimum atomic E-state index is -0.653. The Kier molecular flexibility index (Phi) is 7.24. The minimum absolute atomic E-state index is 0.109. The number of esters is 1. The van der Waals surface area contributed by atoms with Gasteiger partial charge in [0, 0.05) is 11.6 Å². The van der Waals surface area contributed by atoms with Crippen molar-refractivity contribution in [3.63, 3.8) is 0 Å². The number of ketones is 1. The molecule has 3 aromatic carbocycles. The van der Waals surface area contributed by atoms with Crippen molar-refractivity contribution >= 4 is 17.8 Å². The SMILES string of the molecule is COc1cccc(/C=C2\Oc3cc(OC(=O)c4cc(OC)c(OC)c(OC)c4)cc(C)c3C2=O)c1OC. The second kappa shape index (κ2) is 10.5. The number of benzene rings is 3. The summed E-state index contributed by atoms with van der Waals surface area (Å²) < 4.78 is 38.2. The summed E-state index contributed by atoms with van der Waals surface area (Å²) in [5.74, 6) is 1.64. The van der Waals surface area contributed by atoms with E-state index in [4.69, 9.17) is 33.2 Å². The van der Waals surface area contributed by atoms with E-state index >= 15 is 0 Å². The Morgan fingerprint density at radius 1 is 0.811 bits per heavy atom. The zero-order chi connectivity index (χ0) is 26.7. The fourth-order valence-electron chi connectivity index (χ4n) is 4.07. The van der Waals surface area contributed by atoms with Crippen LogP contribution in [0, 0.1) is 6.92 Å². The highest BCUT2D eigenvalue weighted by Gasteiger charge is 2.31. The molecule has 1 heterocycles. The summed E-state index contributed by atoms with van der Waals surface area (Å²) in [7, 11) is 7.44. The summed E-state index contributed by atoms with van der Waals surface area (Å²) in [4.78, 5) is 26.1. The normalized spacial score (nSPS) is 13.0. The Morgan fingerprint density at radius 3 is 2.05 bits per heavy atom. The van der Waals surface area contributed by atoms with Gasteiger partial charge in [0.1, 0.15) is 11.5 Å². The summed E-state index contributed by atoms with van der Waals surface area (Å²) in [5.41, 5.74) is 1.79. The van der Waals surface area contributed by atoms with Gasteiger partial charge in [0.15, 0.2) is 28.8 Å². The van der Waals surface area contributed by atoms with Gasteiger partial charge in [0.2, 0.25) is 11.5 Å². The van der Waals surface area contributed by atoms with Gasteiger partial charge in [-0.25, -0.2) is 4.79 Å². The maximum absolute atomic E-state index is 13.1. The number of fused-ring (bicyclic) bond motifs is 1. The lowest BCUT2D eigenvalue weighted by atomic mass is 10.0. The lowest BCUT2D eigenvalue weighted by Gasteiger charge is -2.14. The molecule has 0 saturated heterocycles. The Labute approximate surface area is 214 Å². The number of para-hydroxylation sites is 1. The molecule has 0 bridgehead atoms. The molecule has 0 radical (unpaired) electrons. The Morgan fingerprint density at radius 2 is 1.46 bits per heavy atom. The van der Waals surface area contributed by atoms with Crippen molar-refractivity contribution in [2.75, 3.05) is 35.5 Å². The number of aryl methyl sites for hydroxylation is 1. The average molecular weight is 507 g/mol. The van der Waals surface area contributed by atoms with E-state index in [0.29, 0.717) is 45.4 Å². The summed E-state index contributed by atoms with van der Waals surface area (Å²) in [5, 5.41) is 0. The van der Waals surface area contributed by atoms with Gasteiger partial charge < -0.3 is 33.2 Å². The fourth-order valence-corrected chi connectivity index (χ4v) is 4.07. The monoisotopic (exact) mass is 506 g/mol. The number of Topliss-reactive ketones (excluding diaryl/α,β-unsaturated/α-hetero) is 1. The zero-order valence-electron chi connectivity index (χ0n) is 21.3. The van der Waals surface area contributed by atoms with Crippen molar-refractivity contribution in [3.05, 3.63) is 70.5 Å². The number of ether oxygens (including phenoxy) is 7. The van der Waals surface area contributed by atoms with Crippen LogP contribution in [0.5, 0.6) is 40.2 Å². The van der Waals surface area contributed by atoms with Crippen LogP contribution in [0.15, 0.2) is 48.2 Å². The molecular weight excluding hydrogens is 480 g/mol. The molecule has 0 N–H and O–H groups in total. The lowest BCUT2D eigenvalue weighted by molar-refractivity contribution is 0.0733. The van der Waals surface area contributed by atoms with E-state index in [0.717, 1.165) is 0 Å². The van der Waals surface area contributed by atoms with E-state index in [1.54, 1.807) is 37.3 Å². The second-order valence-electron chi connectivity index (χ2n) is 7.94. The van der Waals surface area contributed by atoms with Gasteiger partial charge in [-0.15, -0.1) is 0 Å². The molecule has 37 heavy (non-hydrogen) atoms. The molecule has 0 spiro atoms. The molecule has 0 aromatic heterocycles. The highest BCUT2D eigenvalue weighted by molar-refractivity contribution is 6.15. The smallest absolute Gasteiger partial charge is 0.343 e. The maximum atomic E-state index is 13.1.